The average molecular weight is 323 g/mol. The molecule has 0 saturated carbocycles. The van der Waals surface area contributed by atoms with Crippen molar-refractivity contribution in [3.63, 3.8) is 0 Å². The number of rotatable bonds is 4. The van der Waals surface area contributed by atoms with Crippen LogP contribution in [0.15, 0.2) is 18.3 Å². The van der Waals surface area contributed by atoms with E-state index in [9.17, 15) is 18.4 Å². The molecule has 0 aliphatic carbocycles. The molecule has 0 aliphatic rings. The molecule has 2 aromatic rings. The van der Waals surface area contributed by atoms with E-state index in [1.54, 1.807) is 14.0 Å². The molecule has 23 heavy (non-hydrogen) atoms. The fourth-order valence-corrected chi connectivity index (χ4v) is 2.05. The predicted molar refractivity (Wildman–Crippen MR) is 78.2 cm³/mol. The molecule has 2 rings (SSSR count). The molecule has 0 radical (unpaired) electrons. The molecule has 0 spiro atoms. The summed E-state index contributed by atoms with van der Waals surface area (Å²) in [4.78, 5) is 23.8. The van der Waals surface area contributed by atoms with Crippen LogP contribution in [0.5, 0.6) is 0 Å². The van der Waals surface area contributed by atoms with Crippen molar-refractivity contribution in [2.45, 2.75) is 13.8 Å². The third-order valence-electron chi connectivity index (χ3n) is 3.08. The Morgan fingerprint density at radius 1 is 1.35 bits per heavy atom. The number of esters is 1. The molecule has 1 aromatic heterocycles. The van der Waals surface area contributed by atoms with E-state index < -0.39 is 29.1 Å². The van der Waals surface area contributed by atoms with Crippen molar-refractivity contribution < 1.29 is 23.1 Å². The van der Waals surface area contributed by atoms with Crippen molar-refractivity contribution in [3.8, 4) is 0 Å². The fourth-order valence-electron chi connectivity index (χ4n) is 2.05. The maximum absolute atomic E-state index is 14.3. The Morgan fingerprint density at radius 3 is 2.61 bits per heavy atom. The van der Waals surface area contributed by atoms with Gasteiger partial charge in [0, 0.05) is 13.2 Å². The Kier molecular flexibility index (Phi) is 4.73. The van der Waals surface area contributed by atoms with Gasteiger partial charge in [0.15, 0.2) is 5.82 Å². The van der Waals surface area contributed by atoms with Crippen LogP contribution < -0.4 is 5.32 Å². The summed E-state index contributed by atoms with van der Waals surface area (Å²) in [5, 5.41) is 6.31. The quantitative estimate of drug-likeness (QED) is 0.877. The molecule has 6 nitrogen and oxygen atoms in total. The predicted octanol–water partition coefficient (Wildman–Crippen LogP) is 2.44. The van der Waals surface area contributed by atoms with E-state index in [2.05, 4.69) is 15.2 Å². The maximum atomic E-state index is 14.3. The van der Waals surface area contributed by atoms with Gasteiger partial charge in [-0.05, 0) is 26.0 Å². The summed E-state index contributed by atoms with van der Waals surface area (Å²) in [7, 11) is 1.64. The first-order valence-electron chi connectivity index (χ1n) is 6.81. The zero-order chi connectivity index (χ0) is 17.1. The first-order valence-corrected chi connectivity index (χ1v) is 6.81. The highest BCUT2D eigenvalue weighted by atomic mass is 19.1. The van der Waals surface area contributed by atoms with Gasteiger partial charge in [0.2, 0.25) is 0 Å². The van der Waals surface area contributed by atoms with E-state index >= 15 is 0 Å². The molecular weight excluding hydrogens is 308 g/mol. The number of carbonyl (C=O) groups is 2. The second-order valence-electron chi connectivity index (χ2n) is 4.76. The lowest BCUT2D eigenvalue weighted by Crippen LogP contribution is -2.17. The number of nitrogens with zero attached hydrogens (tertiary/aromatic N) is 2. The zero-order valence-electron chi connectivity index (χ0n) is 12.8. The van der Waals surface area contributed by atoms with Crippen molar-refractivity contribution in [2.75, 3.05) is 11.9 Å². The van der Waals surface area contributed by atoms with Crippen LogP contribution in [-0.4, -0.2) is 28.3 Å². The molecule has 0 aliphatic heterocycles. The van der Waals surface area contributed by atoms with E-state index in [1.807, 2.05) is 0 Å². The second-order valence-corrected chi connectivity index (χ2v) is 4.76. The third kappa shape index (κ3) is 3.36. The number of hydrogen-bond acceptors (Lipinski definition) is 4. The van der Waals surface area contributed by atoms with Crippen LogP contribution in [0.3, 0.4) is 0 Å². The zero-order valence-corrected chi connectivity index (χ0v) is 12.8. The number of hydrogen-bond donors (Lipinski definition) is 1. The van der Waals surface area contributed by atoms with E-state index in [4.69, 9.17) is 0 Å². The SMILES string of the molecule is CCOC(=O)c1c(F)ccc(NC(=O)c2cn(C)nc2C)c1F. The molecule has 0 fully saturated rings. The number of aromatic nitrogens is 2. The summed E-state index contributed by atoms with van der Waals surface area (Å²) in [6.45, 7) is 3.12. The number of carbonyl (C=O) groups excluding carboxylic acids is 2. The Labute approximate surface area is 131 Å². The number of ether oxygens (including phenoxy) is 1. The number of nitrogens with one attached hydrogen (secondary N) is 1. The Bertz CT molecular complexity index is 772. The first kappa shape index (κ1) is 16.6. The van der Waals surface area contributed by atoms with Crippen LogP contribution in [0.4, 0.5) is 14.5 Å². The molecule has 1 aromatic carbocycles. The molecular formula is C15H15F2N3O3. The molecule has 8 heteroatoms. The number of halogens is 2. The summed E-state index contributed by atoms with van der Waals surface area (Å²) in [6.07, 6.45) is 1.47. The molecule has 1 N–H and O–H groups in total. The lowest BCUT2D eigenvalue weighted by molar-refractivity contribution is 0.0515. The molecule has 122 valence electrons. The number of anilines is 1. The summed E-state index contributed by atoms with van der Waals surface area (Å²) in [5.41, 5.74) is -0.456. The fraction of sp³-hybridized carbons (Fsp3) is 0.267. The summed E-state index contributed by atoms with van der Waals surface area (Å²) in [5.74, 6) is -3.98. The Balaban J connectivity index is 2.34. The molecule has 0 atom stereocenters. The lowest BCUT2D eigenvalue weighted by atomic mass is 10.1. The van der Waals surface area contributed by atoms with Crippen molar-refractivity contribution in [1.82, 2.24) is 9.78 Å². The van der Waals surface area contributed by atoms with Gasteiger partial charge in [-0.15, -0.1) is 0 Å². The molecule has 0 saturated heterocycles. The van der Waals surface area contributed by atoms with Crippen LogP contribution in [0, 0.1) is 18.6 Å². The van der Waals surface area contributed by atoms with E-state index in [0.29, 0.717) is 5.69 Å². The lowest BCUT2D eigenvalue weighted by Gasteiger charge is -2.10. The minimum atomic E-state index is -1.18. The van der Waals surface area contributed by atoms with Gasteiger partial charge in [-0.25, -0.2) is 13.6 Å². The smallest absolute Gasteiger partial charge is 0.344 e. The average Bonchev–Trinajstić information content (AvgIpc) is 2.81. The summed E-state index contributed by atoms with van der Waals surface area (Å²) in [6, 6.07) is 1.93. The number of amides is 1. The van der Waals surface area contributed by atoms with Crippen molar-refractivity contribution in [2.24, 2.45) is 7.05 Å². The van der Waals surface area contributed by atoms with Gasteiger partial charge in [-0.3, -0.25) is 9.48 Å². The van der Waals surface area contributed by atoms with E-state index in [0.717, 1.165) is 12.1 Å². The number of benzene rings is 1. The number of aryl methyl sites for hydroxylation is 2. The molecule has 0 bridgehead atoms. The van der Waals surface area contributed by atoms with Crippen LogP contribution in [0.25, 0.3) is 0 Å². The standard InChI is InChI=1S/C15H15F2N3O3/c1-4-23-15(22)12-10(16)5-6-11(13(12)17)18-14(21)9-7-20(3)19-8(9)2/h5-7H,4H2,1-3H3,(H,18,21). The highest BCUT2D eigenvalue weighted by Gasteiger charge is 2.23. The van der Waals surface area contributed by atoms with Gasteiger partial charge in [0.25, 0.3) is 5.91 Å². The summed E-state index contributed by atoms with van der Waals surface area (Å²) >= 11 is 0. The van der Waals surface area contributed by atoms with Gasteiger partial charge >= 0.3 is 5.97 Å². The third-order valence-corrected chi connectivity index (χ3v) is 3.08. The van der Waals surface area contributed by atoms with Crippen LogP contribution in [-0.2, 0) is 11.8 Å². The molecule has 0 unspecified atom stereocenters. The van der Waals surface area contributed by atoms with Crippen molar-refractivity contribution in [3.05, 3.63) is 46.8 Å². The van der Waals surface area contributed by atoms with Gasteiger partial charge in [-0.1, -0.05) is 0 Å². The first-order chi connectivity index (χ1) is 10.8. The molecule has 1 amide bonds. The van der Waals surface area contributed by atoms with Crippen LogP contribution >= 0.6 is 0 Å². The van der Waals surface area contributed by atoms with E-state index in [1.165, 1.54) is 17.8 Å². The highest BCUT2D eigenvalue weighted by Crippen LogP contribution is 2.23. The molecule has 1 heterocycles. The van der Waals surface area contributed by atoms with E-state index in [-0.39, 0.29) is 17.9 Å². The van der Waals surface area contributed by atoms with Crippen molar-refractivity contribution >= 4 is 17.6 Å². The van der Waals surface area contributed by atoms with Gasteiger partial charge in [-0.2, -0.15) is 5.10 Å². The van der Waals surface area contributed by atoms with Crippen molar-refractivity contribution in [1.29, 1.82) is 0 Å². The second kappa shape index (κ2) is 6.55. The Morgan fingerprint density at radius 2 is 2.04 bits per heavy atom. The largest absolute Gasteiger partial charge is 0.462 e. The Hall–Kier alpha value is -2.77. The topological polar surface area (TPSA) is 73.2 Å². The highest BCUT2D eigenvalue weighted by molar-refractivity contribution is 6.05. The van der Waals surface area contributed by atoms with Gasteiger partial charge < -0.3 is 10.1 Å². The van der Waals surface area contributed by atoms with Gasteiger partial charge in [0.05, 0.1) is 23.6 Å². The minimum Gasteiger partial charge on any atom is -0.462 e. The minimum absolute atomic E-state index is 0.0246. The maximum Gasteiger partial charge on any atom is 0.344 e. The monoisotopic (exact) mass is 323 g/mol. The normalized spacial score (nSPS) is 10.5. The summed E-state index contributed by atoms with van der Waals surface area (Å²) < 4.78 is 34.0. The van der Waals surface area contributed by atoms with Crippen LogP contribution in [0.2, 0.25) is 0 Å². The van der Waals surface area contributed by atoms with Crippen LogP contribution in [0.1, 0.15) is 33.3 Å². The van der Waals surface area contributed by atoms with Gasteiger partial charge in [0.1, 0.15) is 11.4 Å².